The van der Waals surface area contributed by atoms with E-state index in [0.717, 1.165) is 38.4 Å². The first-order valence-electron chi connectivity index (χ1n) is 9.24. The first-order valence-corrected chi connectivity index (χ1v) is 9.24. The lowest BCUT2D eigenvalue weighted by Gasteiger charge is -2.26. The minimum Gasteiger partial charge on any atom is -0.491 e. The maximum atomic E-state index is 12.6. The molecule has 144 valence electrons. The van der Waals surface area contributed by atoms with E-state index in [9.17, 15) is 14.4 Å². The predicted molar refractivity (Wildman–Crippen MR) is 101 cm³/mol. The third-order valence-electron chi connectivity index (χ3n) is 4.44. The van der Waals surface area contributed by atoms with E-state index >= 15 is 0 Å². The van der Waals surface area contributed by atoms with Crippen molar-refractivity contribution in [1.82, 2.24) is 10.2 Å². The Morgan fingerprint density at radius 3 is 2.63 bits per heavy atom. The average molecular weight is 372 g/mol. The summed E-state index contributed by atoms with van der Waals surface area (Å²) in [6.07, 6.45) is 3.08. The van der Waals surface area contributed by atoms with Crippen molar-refractivity contribution < 1.29 is 18.7 Å². The van der Waals surface area contributed by atoms with Gasteiger partial charge < -0.3 is 19.4 Å². The highest BCUT2D eigenvalue weighted by molar-refractivity contribution is 6.06. The molecule has 1 aromatic heterocycles. The molecule has 1 aliphatic rings. The van der Waals surface area contributed by atoms with Crippen LogP contribution >= 0.6 is 0 Å². The Hall–Kier alpha value is -2.83. The Balaban J connectivity index is 1.77. The Kier molecular flexibility index (Phi) is 5.78. The Bertz CT molecular complexity index is 897. The number of nitrogens with zero attached hydrogens (tertiary/aromatic N) is 1. The minimum absolute atomic E-state index is 0.0264. The van der Waals surface area contributed by atoms with Gasteiger partial charge in [0.25, 0.3) is 5.91 Å². The van der Waals surface area contributed by atoms with Gasteiger partial charge in [-0.1, -0.05) is 0 Å². The number of fused-ring (bicyclic) bond motifs is 1. The molecule has 27 heavy (non-hydrogen) atoms. The zero-order chi connectivity index (χ0) is 19.4. The summed E-state index contributed by atoms with van der Waals surface area (Å²) in [5.74, 6) is -0.0304. The van der Waals surface area contributed by atoms with Crippen LogP contribution in [0, 0.1) is 0 Å². The number of amides is 2. The van der Waals surface area contributed by atoms with Crippen molar-refractivity contribution in [2.45, 2.75) is 39.2 Å². The number of piperidine rings is 1. The fourth-order valence-corrected chi connectivity index (χ4v) is 3.18. The van der Waals surface area contributed by atoms with Gasteiger partial charge in [-0.25, -0.2) is 4.79 Å². The van der Waals surface area contributed by atoms with Crippen LogP contribution in [0.2, 0.25) is 0 Å². The van der Waals surface area contributed by atoms with Gasteiger partial charge in [0.2, 0.25) is 5.91 Å². The van der Waals surface area contributed by atoms with Gasteiger partial charge in [0, 0.05) is 30.6 Å². The monoisotopic (exact) mass is 372 g/mol. The van der Waals surface area contributed by atoms with Gasteiger partial charge in [-0.05, 0) is 45.2 Å². The molecule has 1 saturated heterocycles. The lowest BCUT2D eigenvalue weighted by Crippen LogP contribution is -2.42. The Morgan fingerprint density at radius 1 is 1.19 bits per heavy atom. The summed E-state index contributed by atoms with van der Waals surface area (Å²) in [7, 11) is 0. The number of benzene rings is 1. The van der Waals surface area contributed by atoms with Crippen molar-refractivity contribution in [2.75, 3.05) is 19.6 Å². The molecule has 0 aliphatic carbocycles. The summed E-state index contributed by atoms with van der Waals surface area (Å²) in [6, 6.07) is 6.13. The van der Waals surface area contributed by atoms with Gasteiger partial charge in [0.15, 0.2) is 0 Å². The molecule has 3 rings (SSSR count). The predicted octanol–water partition coefficient (Wildman–Crippen LogP) is 2.32. The highest BCUT2D eigenvalue weighted by atomic mass is 16.5. The van der Waals surface area contributed by atoms with Gasteiger partial charge in [0.1, 0.15) is 11.3 Å². The van der Waals surface area contributed by atoms with E-state index in [-0.39, 0.29) is 29.7 Å². The fraction of sp³-hybridized carbons (Fsp3) is 0.450. The number of carbonyl (C=O) groups excluding carboxylic acids is 2. The molecule has 2 aromatic rings. The number of nitrogens with one attached hydrogen (secondary N) is 1. The normalized spacial score (nSPS) is 14.4. The Labute approximate surface area is 157 Å². The van der Waals surface area contributed by atoms with Crippen LogP contribution in [-0.4, -0.2) is 42.5 Å². The van der Waals surface area contributed by atoms with E-state index in [2.05, 4.69) is 5.32 Å². The van der Waals surface area contributed by atoms with Crippen molar-refractivity contribution in [3.05, 3.63) is 40.2 Å². The van der Waals surface area contributed by atoms with Gasteiger partial charge in [-0.3, -0.25) is 9.59 Å². The smallest absolute Gasteiger partial charge is 0.337 e. The molecule has 7 nitrogen and oxygen atoms in total. The summed E-state index contributed by atoms with van der Waals surface area (Å²) in [4.78, 5) is 38.4. The molecule has 0 atom stereocenters. The lowest BCUT2D eigenvalue weighted by molar-refractivity contribution is -0.130. The minimum atomic E-state index is -0.628. The first kappa shape index (κ1) is 18.9. The number of likely N-dealkylation sites (tertiary alicyclic amines) is 1. The van der Waals surface area contributed by atoms with Gasteiger partial charge in [-0.15, -0.1) is 0 Å². The zero-order valence-corrected chi connectivity index (χ0v) is 15.6. The molecule has 2 amide bonds. The van der Waals surface area contributed by atoms with Crippen molar-refractivity contribution in [1.29, 1.82) is 0 Å². The molecule has 7 heteroatoms. The van der Waals surface area contributed by atoms with Crippen LogP contribution in [0.4, 0.5) is 0 Å². The maximum Gasteiger partial charge on any atom is 0.337 e. The molecular formula is C20H24N2O5. The van der Waals surface area contributed by atoms with Crippen molar-refractivity contribution in [3.63, 3.8) is 0 Å². The number of hydrogen-bond donors (Lipinski definition) is 1. The number of carbonyl (C=O) groups is 2. The van der Waals surface area contributed by atoms with Crippen molar-refractivity contribution in [3.8, 4) is 5.75 Å². The summed E-state index contributed by atoms with van der Waals surface area (Å²) in [5, 5.41) is 3.11. The molecule has 0 unspecified atom stereocenters. The zero-order valence-electron chi connectivity index (χ0n) is 15.6. The average Bonchev–Trinajstić information content (AvgIpc) is 2.65. The van der Waals surface area contributed by atoms with E-state index in [1.807, 2.05) is 13.8 Å². The summed E-state index contributed by atoms with van der Waals surface area (Å²) >= 11 is 0. The molecule has 1 aromatic carbocycles. The van der Waals surface area contributed by atoms with Gasteiger partial charge >= 0.3 is 5.63 Å². The summed E-state index contributed by atoms with van der Waals surface area (Å²) < 4.78 is 10.8. The third-order valence-corrected chi connectivity index (χ3v) is 4.44. The Morgan fingerprint density at radius 2 is 1.93 bits per heavy atom. The SMILES string of the molecule is CC(C)Oc1ccc2c(C(=O)NCC(=O)N3CCCCC3)cc(=O)oc2c1. The van der Waals surface area contributed by atoms with Crippen LogP contribution in [0.15, 0.2) is 33.5 Å². The second-order valence-corrected chi connectivity index (χ2v) is 6.93. The standard InChI is InChI=1S/C20H24N2O5/c1-13(2)26-14-6-7-15-16(11-19(24)27-17(15)10-14)20(25)21-12-18(23)22-8-4-3-5-9-22/h6-7,10-11,13H,3-5,8-9,12H2,1-2H3,(H,21,25). The van der Waals surface area contributed by atoms with E-state index < -0.39 is 11.5 Å². The molecule has 0 radical (unpaired) electrons. The molecule has 1 N–H and O–H groups in total. The lowest BCUT2D eigenvalue weighted by atomic mass is 10.1. The number of hydrogen-bond acceptors (Lipinski definition) is 5. The second-order valence-electron chi connectivity index (χ2n) is 6.93. The van der Waals surface area contributed by atoms with E-state index in [0.29, 0.717) is 11.1 Å². The molecule has 0 bridgehead atoms. The van der Waals surface area contributed by atoms with Crippen LogP contribution in [0.1, 0.15) is 43.5 Å². The highest BCUT2D eigenvalue weighted by Crippen LogP contribution is 2.23. The fourth-order valence-electron chi connectivity index (χ4n) is 3.18. The molecule has 0 saturated carbocycles. The second kappa shape index (κ2) is 8.24. The van der Waals surface area contributed by atoms with E-state index in [1.165, 1.54) is 0 Å². The van der Waals surface area contributed by atoms with Crippen LogP contribution in [0.5, 0.6) is 5.75 Å². The van der Waals surface area contributed by atoms with Crippen LogP contribution in [0.3, 0.4) is 0 Å². The third kappa shape index (κ3) is 4.67. The molecule has 0 spiro atoms. The molecular weight excluding hydrogens is 348 g/mol. The molecule has 1 fully saturated rings. The first-order chi connectivity index (χ1) is 12.9. The number of rotatable bonds is 5. The van der Waals surface area contributed by atoms with E-state index in [4.69, 9.17) is 9.15 Å². The van der Waals surface area contributed by atoms with Crippen LogP contribution < -0.4 is 15.7 Å². The summed E-state index contributed by atoms with van der Waals surface area (Å²) in [5.41, 5.74) is -0.173. The van der Waals surface area contributed by atoms with Gasteiger partial charge in [0.05, 0.1) is 18.2 Å². The van der Waals surface area contributed by atoms with Crippen LogP contribution in [0.25, 0.3) is 11.0 Å². The van der Waals surface area contributed by atoms with Crippen molar-refractivity contribution in [2.24, 2.45) is 0 Å². The van der Waals surface area contributed by atoms with Crippen molar-refractivity contribution >= 4 is 22.8 Å². The highest BCUT2D eigenvalue weighted by Gasteiger charge is 2.19. The van der Waals surface area contributed by atoms with E-state index in [1.54, 1.807) is 23.1 Å². The molecule has 2 heterocycles. The quantitative estimate of drug-likeness (QED) is 0.814. The van der Waals surface area contributed by atoms with Gasteiger partial charge in [-0.2, -0.15) is 0 Å². The van der Waals surface area contributed by atoms with Crippen LogP contribution in [-0.2, 0) is 4.79 Å². The molecule has 1 aliphatic heterocycles. The summed E-state index contributed by atoms with van der Waals surface area (Å²) in [6.45, 7) is 5.15. The number of ether oxygens (including phenoxy) is 1. The topological polar surface area (TPSA) is 88.9 Å². The maximum absolute atomic E-state index is 12.6. The largest absolute Gasteiger partial charge is 0.491 e.